The molecule has 0 atom stereocenters. The van der Waals surface area contributed by atoms with Crippen LogP contribution in [0.25, 0.3) is 0 Å². The first kappa shape index (κ1) is 16.5. The van der Waals surface area contributed by atoms with Gasteiger partial charge in [0.25, 0.3) is 0 Å². The molecule has 1 aliphatic heterocycles. The molecule has 1 saturated heterocycles. The van der Waals surface area contributed by atoms with Gasteiger partial charge < -0.3 is 18.9 Å². The monoisotopic (exact) mass is 290 g/mol. The predicted octanol–water partition coefficient (Wildman–Crippen LogP) is 0.170. The number of cyclic esters (lactones) is 4. The van der Waals surface area contributed by atoms with Crippen molar-refractivity contribution in [2.24, 2.45) is 0 Å². The van der Waals surface area contributed by atoms with Crippen molar-refractivity contribution in [2.75, 3.05) is 66.7 Å². The summed E-state index contributed by atoms with van der Waals surface area (Å²) in [6.45, 7) is 3.07. The van der Waals surface area contributed by atoms with Gasteiger partial charge in [-0.15, -0.1) is 0 Å². The van der Waals surface area contributed by atoms with Crippen molar-refractivity contribution in [1.29, 1.82) is 0 Å². The largest absolute Gasteiger partial charge is 0.508 e. The van der Waals surface area contributed by atoms with Gasteiger partial charge in [-0.25, -0.2) is 9.59 Å². The molecule has 0 spiro atoms. The van der Waals surface area contributed by atoms with Crippen LogP contribution in [0.1, 0.15) is 0 Å². The van der Waals surface area contributed by atoms with Gasteiger partial charge in [0.05, 0.1) is 0 Å². The lowest BCUT2D eigenvalue weighted by Crippen LogP contribution is -2.31. The van der Waals surface area contributed by atoms with Crippen LogP contribution in [0.2, 0.25) is 0 Å². The van der Waals surface area contributed by atoms with Gasteiger partial charge in [0.15, 0.2) is 0 Å². The SMILES string of the molecule is CN1CCOC(=O)OCCN(C)CCOC(=O)OCC1. The van der Waals surface area contributed by atoms with Crippen molar-refractivity contribution in [3.05, 3.63) is 0 Å². The van der Waals surface area contributed by atoms with Gasteiger partial charge in [0.2, 0.25) is 0 Å². The Kier molecular flexibility index (Phi) is 7.74. The molecule has 0 radical (unpaired) electrons. The average molecular weight is 290 g/mol. The molecule has 1 rings (SSSR count). The maximum absolute atomic E-state index is 11.3. The predicted molar refractivity (Wildman–Crippen MR) is 69.6 cm³/mol. The minimum absolute atomic E-state index is 0.232. The minimum Gasteiger partial charge on any atom is -0.433 e. The number of nitrogens with zero attached hydrogens (tertiary/aromatic N) is 2. The summed E-state index contributed by atoms with van der Waals surface area (Å²) in [6, 6.07) is 0. The van der Waals surface area contributed by atoms with E-state index in [1.54, 1.807) is 0 Å². The van der Waals surface area contributed by atoms with Crippen molar-refractivity contribution < 1.29 is 28.5 Å². The number of likely N-dealkylation sites (N-methyl/N-ethyl adjacent to an activating group) is 2. The van der Waals surface area contributed by atoms with Crippen LogP contribution < -0.4 is 0 Å². The van der Waals surface area contributed by atoms with E-state index in [1.807, 2.05) is 23.9 Å². The fourth-order valence-electron chi connectivity index (χ4n) is 1.45. The average Bonchev–Trinajstić information content (AvgIpc) is 2.37. The molecule has 1 heterocycles. The van der Waals surface area contributed by atoms with E-state index < -0.39 is 12.3 Å². The Labute approximate surface area is 118 Å². The highest BCUT2D eigenvalue weighted by Crippen LogP contribution is 1.93. The Bertz CT molecular complexity index is 258. The summed E-state index contributed by atoms with van der Waals surface area (Å²) in [7, 11) is 3.67. The number of rotatable bonds is 0. The van der Waals surface area contributed by atoms with Crippen LogP contribution in [0.4, 0.5) is 9.59 Å². The molecule has 8 heteroatoms. The van der Waals surface area contributed by atoms with Crippen LogP contribution in [0, 0.1) is 0 Å². The molecule has 0 aromatic carbocycles. The fraction of sp³-hybridized carbons (Fsp3) is 0.833. The molecular formula is C12H22N2O6. The standard InChI is InChI=1S/C12H22N2O6/c1-13-3-7-17-11(15)19-9-5-14(2)6-10-20-12(16)18-8-4-13/h3-10H2,1-2H3. The van der Waals surface area contributed by atoms with E-state index in [0.717, 1.165) is 0 Å². The number of ether oxygens (including phenoxy) is 4. The maximum atomic E-state index is 11.3. The third-order valence-corrected chi connectivity index (χ3v) is 2.77. The van der Waals surface area contributed by atoms with Crippen LogP contribution in [0.3, 0.4) is 0 Å². The van der Waals surface area contributed by atoms with Crippen LogP contribution in [0.5, 0.6) is 0 Å². The summed E-state index contributed by atoms with van der Waals surface area (Å²) in [5.74, 6) is 0. The van der Waals surface area contributed by atoms with E-state index in [9.17, 15) is 9.59 Å². The zero-order valence-corrected chi connectivity index (χ0v) is 12.0. The molecule has 0 amide bonds. The minimum atomic E-state index is -0.665. The molecule has 0 N–H and O–H groups in total. The Balaban J connectivity index is 2.38. The van der Waals surface area contributed by atoms with Crippen LogP contribution >= 0.6 is 0 Å². The van der Waals surface area contributed by atoms with Gasteiger partial charge in [-0.1, -0.05) is 0 Å². The molecule has 0 unspecified atom stereocenters. The second-order valence-corrected chi connectivity index (χ2v) is 4.50. The molecule has 0 aromatic rings. The molecule has 116 valence electrons. The number of hydrogen-bond donors (Lipinski definition) is 0. The summed E-state index contributed by atoms with van der Waals surface area (Å²) in [4.78, 5) is 26.3. The van der Waals surface area contributed by atoms with Crippen molar-refractivity contribution in [1.82, 2.24) is 9.80 Å². The zero-order valence-electron chi connectivity index (χ0n) is 12.0. The second-order valence-electron chi connectivity index (χ2n) is 4.50. The third kappa shape index (κ3) is 7.80. The second kappa shape index (κ2) is 9.38. The number of carbonyl (C=O) groups excluding carboxylic acids is 2. The highest BCUT2D eigenvalue weighted by molar-refractivity contribution is 5.60. The first-order valence-corrected chi connectivity index (χ1v) is 6.54. The van der Waals surface area contributed by atoms with Crippen molar-refractivity contribution in [3.63, 3.8) is 0 Å². The number of hydrogen-bond acceptors (Lipinski definition) is 8. The molecule has 1 aliphatic rings. The Morgan fingerprint density at radius 2 is 0.900 bits per heavy atom. The first-order chi connectivity index (χ1) is 9.58. The van der Waals surface area contributed by atoms with Crippen LogP contribution in [0.15, 0.2) is 0 Å². The van der Waals surface area contributed by atoms with Gasteiger partial charge >= 0.3 is 12.3 Å². The summed E-state index contributed by atoms with van der Waals surface area (Å²) in [5.41, 5.74) is 0. The molecule has 0 bridgehead atoms. The summed E-state index contributed by atoms with van der Waals surface area (Å²) >= 11 is 0. The molecule has 0 aromatic heterocycles. The van der Waals surface area contributed by atoms with E-state index in [1.165, 1.54) is 0 Å². The van der Waals surface area contributed by atoms with Crippen LogP contribution in [-0.2, 0) is 18.9 Å². The highest BCUT2D eigenvalue weighted by atomic mass is 16.7. The van der Waals surface area contributed by atoms with Gasteiger partial charge in [0.1, 0.15) is 26.4 Å². The molecular weight excluding hydrogens is 268 g/mol. The molecule has 1 fully saturated rings. The fourth-order valence-corrected chi connectivity index (χ4v) is 1.45. The maximum Gasteiger partial charge on any atom is 0.508 e. The molecule has 0 saturated carbocycles. The van der Waals surface area contributed by atoms with Crippen molar-refractivity contribution >= 4 is 12.3 Å². The lowest BCUT2D eigenvalue weighted by molar-refractivity contribution is 0.0281. The van der Waals surface area contributed by atoms with Gasteiger partial charge in [-0.05, 0) is 14.1 Å². The normalized spacial score (nSPS) is 22.3. The Morgan fingerprint density at radius 1 is 0.650 bits per heavy atom. The Morgan fingerprint density at radius 3 is 1.15 bits per heavy atom. The topological polar surface area (TPSA) is 77.5 Å². The van der Waals surface area contributed by atoms with Crippen molar-refractivity contribution in [2.45, 2.75) is 0 Å². The van der Waals surface area contributed by atoms with Crippen LogP contribution in [-0.4, -0.2) is 88.8 Å². The van der Waals surface area contributed by atoms with E-state index in [-0.39, 0.29) is 26.4 Å². The van der Waals surface area contributed by atoms with Gasteiger partial charge in [0, 0.05) is 26.2 Å². The van der Waals surface area contributed by atoms with E-state index in [4.69, 9.17) is 18.9 Å². The van der Waals surface area contributed by atoms with E-state index in [2.05, 4.69) is 0 Å². The summed E-state index contributed by atoms with van der Waals surface area (Å²) in [5, 5.41) is 0. The van der Waals surface area contributed by atoms with Crippen molar-refractivity contribution in [3.8, 4) is 0 Å². The van der Waals surface area contributed by atoms with E-state index >= 15 is 0 Å². The molecule has 8 nitrogen and oxygen atoms in total. The lowest BCUT2D eigenvalue weighted by Gasteiger charge is -2.19. The summed E-state index contributed by atoms with van der Waals surface area (Å²) in [6.07, 6.45) is -1.33. The quantitative estimate of drug-likeness (QED) is 0.584. The smallest absolute Gasteiger partial charge is 0.433 e. The molecule has 0 aliphatic carbocycles. The number of carbonyl (C=O) groups is 2. The summed E-state index contributed by atoms with van der Waals surface area (Å²) < 4.78 is 19.7. The van der Waals surface area contributed by atoms with Gasteiger partial charge in [-0.3, -0.25) is 9.80 Å². The first-order valence-electron chi connectivity index (χ1n) is 6.54. The zero-order chi connectivity index (χ0) is 14.8. The molecule has 20 heavy (non-hydrogen) atoms. The van der Waals surface area contributed by atoms with E-state index in [0.29, 0.717) is 26.2 Å². The third-order valence-electron chi connectivity index (χ3n) is 2.77. The lowest BCUT2D eigenvalue weighted by atomic mass is 10.5. The Hall–Kier alpha value is -1.54. The van der Waals surface area contributed by atoms with Gasteiger partial charge in [-0.2, -0.15) is 0 Å². The highest BCUT2D eigenvalue weighted by Gasteiger charge is 2.10.